The number of benzene rings is 1. The Bertz CT molecular complexity index is 452. The summed E-state index contributed by atoms with van der Waals surface area (Å²) in [7, 11) is 0. The Hall–Kier alpha value is -1.61. The lowest BCUT2D eigenvalue weighted by Gasteiger charge is -2.07. The van der Waals surface area contributed by atoms with E-state index in [1.807, 2.05) is 19.1 Å². The molecule has 1 aromatic carbocycles. The van der Waals surface area contributed by atoms with Gasteiger partial charge in [0.2, 0.25) is 5.91 Å². The van der Waals surface area contributed by atoms with Crippen LogP contribution in [0.4, 0.5) is 0 Å². The van der Waals surface area contributed by atoms with Crippen LogP contribution in [-0.2, 0) is 16.0 Å². The second-order valence-corrected chi connectivity index (χ2v) is 4.96. The lowest BCUT2D eigenvalue weighted by molar-refractivity contribution is -0.120. The number of nitrogens with one attached hydrogen (secondary N) is 1. The standard InChI is InChI=1S/C16H23NO2/c1-12(2)11-19-8-7-17-16(18)10-15-6-5-13(3)14(4)9-15/h5-6,9H,1,7-8,10-11H2,2-4H3,(H,17,18). The van der Waals surface area contributed by atoms with Crippen molar-refractivity contribution in [2.24, 2.45) is 0 Å². The number of amides is 1. The van der Waals surface area contributed by atoms with Gasteiger partial charge < -0.3 is 10.1 Å². The van der Waals surface area contributed by atoms with E-state index in [-0.39, 0.29) is 5.91 Å². The van der Waals surface area contributed by atoms with Crippen LogP contribution < -0.4 is 5.32 Å². The fourth-order valence-corrected chi connectivity index (χ4v) is 1.67. The zero-order valence-corrected chi connectivity index (χ0v) is 12.1. The average molecular weight is 261 g/mol. The van der Waals surface area contributed by atoms with Gasteiger partial charge in [0.05, 0.1) is 19.6 Å². The fraction of sp³-hybridized carbons (Fsp3) is 0.438. The first kappa shape index (κ1) is 15.4. The molecule has 3 nitrogen and oxygen atoms in total. The van der Waals surface area contributed by atoms with E-state index in [1.54, 1.807) is 0 Å². The zero-order chi connectivity index (χ0) is 14.3. The summed E-state index contributed by atoms with van der Waals surface area (Å²) >= 11 is 0. The Morgan fingerprint density at radius 1 is 1.32 bits per heavy atom. The van der Waals surface area contributed by atoms with E-state index in [0.29, 0.717) is 26.2 Å². The molecule has 1 N–H and O–H groups in total. The van der Waals surface area contributed by atoms with Crippen LogP contribution in [0, 0.1) is 13.8 Å². The molecule has 0 spiro atoms. The SMILES string of the molecule is C=C(C)COCCNC(=O)Cc1ccc(C)c(C)c1. The first-order valence-corrected chi connectivity index (χ1v) is 6.54. The summed E-state index contributed by atoms with van der Waals surface area (Å²) in [4.78, 5) is 11.7. The Labute approximate surface area is 115 Å². The lowest BCUT2D eigenvalue weighted by atomic mass is 10.0. The smallest absolute Gasteiger partial charge is 0.224 e. The second kappa shape index (κ2) is 7.74. The lowest BCUT2D eigenvalue weighted by Crippen LogP contribution is -2.28. The number of carbonyl (C=O) groups is 1. The summed E-state index contributed by atoms with van der Waals surface area (Å²) in [6, 6.07) is 6.11. The largest absolute Gasteiger partial charge is 0.375 e. The molecule has 0 aliphatic carbocycles. The molecular formula is C16H23NO2. The van der Waals surface area contributed by atoms with Crippen LogP contribution in [-0.4, -0.2) is 25.7 Å². The van der Waals surface area contributed by atoms with Crippen molar-refractivity contribution in [2.45, 2.75) is 27.2 Å². The number of hydrogen-bond donors (Lipinski definition) is 1. The van der Waals surface area contributed by atoms with Crippen molar-refractivity contribution < 1.29 is 9.53 Å². The molecule has 0 aromatic heterocycles. The highest BCUT2D eigenvalue weighted by Crippen LogP contribution is 2.10. The van der Waals surface area contributed by atoms with Crippen LogP contribution in [0.5, 0.6) is 0 Å². The highest BCUT2D eigenvalue weighted by atomic mass is 16.5. The number of hydrogen-bond acceptors (Lipinski definition) is 2. The molecule has 0 aliphatic rings. The van der Waals surface area contributed by atoms with Crippen molar-refractivity contribution in [3.05, 3.63) is 47.0 Å². The van der Waals surface area contributed by atoms with Gasteiger partial charge in [-0.2, -0.15) is 0 Å². The average Bonchev–Trinajstić information content (AvgIpc) is 2.33. The van der Waals surface area contributed by atoms with Crippen LogP contribution in [0.3, 0.4) is 0 Å². The molecule has 0 aliphatic heterocycles. The van der Waals surface area contributed by atoms with Gasteiger partial charge in [-0.05, 0) is 37.5 Å². The maximum atomic E-state index is 11.7. The molecule has 1 amide bonds. The summed E-state index contributed by atoms with van der Waals surface area (Å²) in [5.74, 6) is 0.0298. The normalized spacial score (nSPS) is 10.3. The van der Waals surface area contributed by atoms with E-state index in [4.69, 9.17) is 4.74 Å². The van der Waals surface area contributed by atoms with Gasteiger partial charge in [-0.3, -0.25) is 4.79 Å². The highest BCUT2D eigenvalue weighted by molar-refractivity contribution is 5.78. The van der Waals surface area contributed by atoms with Gasteiger partial charge in [-0.25, -0.2) is 0 Å². The Balaban J connectivity index is 2.27. The first-order chi connectivity index (χ1) is 8.99. The third-order valence-electron chi connectivity index (χ3n) is 2.85. The van der Waals surface area contributed by atoms with E-state index >= 15 is 0 Å². The molecule has 0 atom stereocenters. The predicted molar refractivity (Wildman–Crippen MR) is 78.3 cm³/mol. The van der Waals surface area contributed by atoms with E-state index in [0.717, 1.165) is 11.1 Å². The molecule has 0 unspecified atom stereocenters. The van der Waals surface area contributed by atoms with Crippen LogP contribution >= 0.6 is 0 Å². The molecule has 0 heterocycles. The van der Waals surface area contributed by atoms with Gasteiger partial charge in [-0.15, -0.1) is 0 Å². The van der Waals surface area contributed by atoms with E-state index < -0.39 is 0 Å². The summed E-state index contributed by atoms with van der Waals surface area (Å²) in [5.41, 5.74) is 4.50. The van der Waals surface area contributed by atoms with Crippen molar-refractivity contribution >= 4 is 5.91 Å². The Kier molecular flexibility index (Phi) is 6.30. The molecule has 0 saturated carbocycles. The van der Waals surface area contributed by atoms with Gasteiger partial charge in [-0.1, -0.05) is 30.4 Å². The van der Waals surface area contributed by atoms with E-state index in [9.17, 15) is 4.79 Å². The minimum Gasteiger partial charge on any atom is -0.375 e. The van der Waals surface area contributed by atoms with Gasteiger partial charge in [0.15, 0.2) is 0 Å². The molecule has 0 fully saturated rings. The predicted octanol–water partition coefficient (Wildman–Crippen LogP) is 2.55. The second-order valence-electron chi connectivity index (χ2n) is 4.96. The van der Waals surface area contributed by atoms with Gasteiger partial charge >= 0.3 is 0 Å². The molecule has 1 rings (SSSR count). The van der Waals surface area contributed by atoms with Crippen LogP contribution in [0.25, 0.3) is 0 Å². The van der Waals surface area contributed by atoms with Gasteiger partial charge in [0.1, 0.15) is 0 Å². The fourth-order valence-electron chi connectivity index (χ4n) is 1.67. The third kappa shape index (κ3) is 6.20. The van der Waals surface area contributed by atoms with Crippen LogP contribution in [0.1, 0.15) is 23.6 Å². The topological polar surface area (TPSA) is 38.3 Å². The van der Waals surface area contributed by atoms with Crippen molar-refractivity contribution in [1.82, 2.24) is 5.32 Å². The quantitative estimate of drug-likeness (QED) is 0.605. The van der Waals surface area contributed by atoms with Crippen molar-refractivity contribution in [1.29, 1.82) is 0 Å². The van der Waals surface area contributed by atoms with Crippen LogP contribution in [0.2, 0.25) is 0 Å². The molecule has 3 heteroatoms. The maximum absolute atomic E-state index is 11.7. The molecule has 0 bridgehead atoms. The highest BCUT2D eigenvalue weighted by Gasteiger charge is 2.03. The van der Waals surface area contributed by atoms with E-state index in [1.165, 1.54) is 11.1 Å². The van der Waals surface area contributed by atoms with Gasteiger partial charge in [0, 0.05) is 6.54 Å². The Morgan fingerprint density at radius 3 is 2.68 bits per heavy atom. The van der Waals surface area contributed by atoms with Crippen molar-refractivity contribution in [2.75, 3.05) is 19.8 Å². The molecule has 19 heavy (non-hydrogen) atoms. The maximum Gasteiger partial charge on any atom is 0.224 e. The molecule has 1 aromatic rings. The van der Waals surface area contributed by atoms with Crippen molar-refractivity contribution in [3.8, 4) is 0 Å². The van der Waals surface area contributed by atoms with Crippen LogP contribution in [0.15, 0.2) is 30.4 Å². The van der Waals surface area contributed by atoms with Crippen molar-refractivity contribution in [3.63, 3.8) is 0 Å². The monoisotopic (exact) mass is 261 g/mol. The summed E-state index contributed by atoms with van der Waals surface area (Å²) in [6.45, 7) is 11.4. The molecule has 0 saturated heterocycles. The number of rotatable bonds is 7. The van der Waals surface area contributed by atoms with Gasteiger partial charge in [0.25, 0.3) is 0 Å². The van der Waals surface area contributed by atoms with E-state index in [2.05, 4.69) is 31.8 Å². The zero-order valence-electron chi connectivity index (χ0n) is 12.1. The number of aryl methyl sites for hydroxylation is 2. The molecule has 104 valence electrons. The number of ether oxygens (including phenoxy) is 1. The molecular weight excluding hydrogens is 238 g/mol. The number of carbonyl (C=O) groups excluding carboxylic acids is 1. The minimum absolute atomic E-state index is 0.0298. The first-order valence-electron chi connectivity index (χ1n) is 6.54. The minimum atomic E-state index is 0.0298. The third-order valence-corrected chi connectivity index (χ3v) is 2.85. The summed E-state index contributed by atoms with van der Waals surface area (Å²) < 4.78 is 5.32. The summed E-state index contributed by atoms with van der Waals surface area (Å²) in [6.07, 6.45) is 0.418. The molecule has 0 radical (unpaired) electrons. The summed E-state index contributed by atoms with van der Waals surface area (Å²) in [5, 5.41) is 2.85. The Morgan fingerprint density at radius 2 is 2.05 bits per heavy atom.